The van der Waals surface area contributed by atoms with Crippen LogP contribution in [0.3, 0.4) is 0 Å². The summed E-state index contributed by atoms with van der Waals surface area (Å²) in [5.74, 6) is -8.09. The minimum Gasteiger partial charge on any atom is -0.491 e. The summed E-state index contributed by atoms with van der Waals surface area (Å²) in [5.41, 5.74) is 0.420. The van der Waals surface area contributed by atoms with Gasteiger partial charge in [-0.05, 0) is 62.3 Å². The molecule has 1 aliphatic rings. The summed E-state index contributed by atoms with van der Waals surface area (Å²) in [4.78, 5) is 0. The molecule has 3 nitrogen and oxygen atoms in total. The highest BCUT2D eigenvalue weighted by Crippen LogP contribution is 2.39. The molecule has 202 valence electrons. The van der Waals surface area contributed by atoms with E-state index in [1.165, 1.54) is 37.3 Å². The van der Waals surface area contributed by atoms with Crippen molar-refractivity contribution in [2.45, 2.75) is 51.7 Å². The van der Waals surface area contributed by atoms with E-state index >= 15 is 0 Å². The molecule has 2 atom stereocenters. The number of rotatable bonds is 8. The van der Waals surface area contributed by atoms with Crippen LogP contribution in [0.1, 0.15) is 67.4 Å². The molecular weight excluding hydrogens is 510 g/mol. The van der Waals surface area contributed by atoms with Crippen LogP contribution in [0, 0.1) is 34.9 Å². The largest absolute Gasteiger partial charge is 0.491 e. The first-order valence-electron chi connectivity index (χ1n) is 12.2. The molecule has 4 rings (SSSR count). The van der Waals surface area contributed by atoms with Gasteiger partial charge in [0.25, 0.3) is 0 Å². The maximum atomic E-state index is 15.0. The topological polar surface area (TPSA) is 38.7 Å². The van der Waals surface area contributed by atoms with Crippen molar-refractivity contribution in [3.63, 3.8) is 0 Å². The summed E-state index contributed by atoms with van der Waals surface area (Å²) in [5, 5.41) is 9.57. The maximum absolute atomic E-state index is 15.0. The first-order valence-corrected chi connectivity index (χ1v) is 12.2. The fourth-order valence-corrected chi connectivity index (χ4v) is 4.58. The smallest absolute Gasteiger partial charge is 0.204 e. The number of ether oxygens (including phenoxy) is 2. The van der Waals surface area contributed by atoms with Gasteiger partial charge in [-0.2, -0.15) is 8.78 Å². The molecule has 2 unspecified atom stereocenters. The molecule has 3 aromatic rings. The summed E-state index contributed by atoms with van der Waals surface area (Å²) in [6.07, 6.45) is 1.47. The highest BCUT2D eigenvalue weighted by atomic mass is 19.2. The van der Waals surface area contributed by atoms with Gasteiger partial charge in [-0.15, -0.1) is 0 Å². The molecule has 0 saturated heterocycles. The zero-order chi connectivity index (χ0) is 27.6. The predicted molar refractivity (Wildman–Crippen MR) is 130 cm³/mol. The van der Waals surface area contributed by atoms with E-state index in [1.54, 1.807) is 13.0 Å². The van der Waals surface area contributed by atoms with Crippen molar-refractivity contribution in [2.24, 2.45) is 0 Å². The van der Waals surface area contributed by atoms with E-state index in [9.17, 15) is 31.4 Å². The molecule has 9 heteroatoms. The Kier molecular flexibility index (Phi) is 8.35. The fraction of sp³-hybridized carbons (Fsp3) is 0.310. The van der Waals surface area contributed by atoms with Crippen LogP contribution in [0.4, 0.5) is 26.3 Å². The van der Waals surface area contributed by atoms with Crippen molar-refractivity contribution in [1.29, 1.82) is 0 Å². The van der Waals surface area contributed by atoms with Crippen LogP contribution in [-0.4, -0.2) is 11.7 Å². The number of allylic oxidation sites excluding steroid dienone is 2. The van der Waals surface area contributed by atoms with E-state index < -0.39 is 59.3 Å². The molecule has 0 heterocycles. The van der Waals surface area contributed by atoms with Crippen LogP contribution in [0.5, 0.6) is 11.5 Å². The molecular formula is C29H26F6O3. The molecule has 0 spiro atoms. The lowest BCUT2D eigenvalue weighted by atomic mass is 9.82. The van der Waals surface area contributed by atoms with Gasteiger partial charge < -0.3 is 14.6 Å². The van der Waals surface area contributed by atoms with E-state index in [2.05, 4.69) is 0 Å². The Morgan fingerprint density at radius 3 is 2.11 bits per heavy atom. The van der Waals surface area contributed by atoms with Gasteiger partial charge in [-0.1, -0.05) is 30.3 Å². The Hall–Kier alpha value is -3.46. The molecule has 0 aliphatic heterocycles. The molecule has 0 aromatic heterocycles. The van der Waals surface area contributed by atoms with E-state index in [0.29, 0.717) is 18.4 Å². The van der Waals surface area contributed by atoms with Gasteiger partial charge >= 0.3 is 0 Å². The average molecular weight is 537 g/mol. The van der Waals surface area contributed by atoms with Crippen LogP contribution >= 0.6 is 0 Å². The fourth-order valence-electron chi connectivity index (χ4n) is 4.58. The van der Waals surface area contributed by atoms with Gasteiger partial charge in [-0.3, -0.25) is 0 Å². The monoisotopic (exact) mass is 536 g/mol. The van der Waals surface area contributed by atoms with Crippen molar-refractivity contribution >= 4 is 5.57 Å². The molecule has 0 saturated carbocycles. The molecule has 0 amide bonds. The number of halogens is 6. The SMILES string of the molecule is CCOc1ccc(OCc2ccc(C3CC=C(c4ccc(C(C)O)c(F)c4F)CC3)c(F)c2F)c(F)c1F. The summed E-state index contributed by atoms with van der Waals surface area (Å²) >= 11 is 0. The zero-order valence-corrected chi connectivity index (χ0v) is 20.8. The van der Waals surface area contributed by atoms with Crippen LogP contribution in [0.15, 0.2) is 42.5 Å². The van der Waals surface area contributed by atoms with Gasteiger partial charge in [0.05, 0.1) is 12.7 Å². The predicted octanol–water partition coefficient (Wildman–Crippen LogP) is 7.90. The number of hydrogen-bond donors (Lipinski definition) is 1. The Labute approximate surface area is 216 Å². The minimum absolute atomic E-state index is 0.0717. The number of aliphatic hydroxyl groups is 1. The third-order valence-corrected chi connectivity index (χ3v) is 6.65. The van der Waals surface area contributed by atoms with E-state index in [0.717, 1.165) is 6.07 Å². The lowest BCUT2D eigenvalue weighted by molar-refractivity contribution is 0.192. The van der Waals surface area contributed by atoms with Crippen molar-refractivity contribution in [2.75, 3.05) is 6.61 Å². The first kappa shape index (κ1) is 27.6. The lowest BCUT2D eigenvalue weighted by Gasteiger charge is -2.24. The average Bonchev–Trinajstić information content (AvgIpc) is 2.90. The second-order valence-corrected chi connectivity index (χ2v) is 9.06. The van der Waals surface area contributed by atoms with Gasteiger partial charge in [-0.25, -0.2) is 17.6 Å². The number of aliphatic hydroxyl groups excluding tert-OH is 1. The highest BCUT2D eigenvalue weighted by molar-refractivity contribution is 5.67. The number of benzene rings is 3. The van der Waals surface area contributed by atoms with Gasteiger partial charge in [0.15, 0.2) is 34.8 Å². The molecule has 3 aromatic carbocycles. The lowest BCUT2D eigenvalue weighted by Crippen LogP contribution is -2.11. The van der Waals surface area contributed by atoms with Crippen LogP contribution in [0.25, 0.3) is 5.57 Å². The third-order valence-electron chi connectivity index (χ3n) is 6.65. The normalized spacial score (nSPS) is 16.2. The molecule has 0 bridgehead atoms. The van der Waals surface area contributed by atoms with Crippen molar-refractivity contribution in [3.8, 4) is 11.5 Å². The van der Waals surface area contributed by atoms with Crippen molar-refractivity contribution in [3.05, 3.63) is 99.6 Å². The van der Waals surface area contributed by atoms with Crippen LogP contribution < -0.4 is 9.47 Å². The summed E-state index contributed by atoms with van der Waals surface area (Å²) in [6.45, 7) is 2.56. The Morgan fingerprint density at radius 2 is 1.50 bits per heavy atom. The van der Waals surface area contributed by atoms with Gasteiger partial charge in [0.1, 0.15) is 6.61 Å². The van der Waals surface area contributed by atoms with E-state index in [1.807, 2.05) is 0 Å². The second-order valence-electron chi connectivity index (χ2n) is 9.06. The van der Waals surface area contributed by atoms with Crippen molar-refractivity contribution in [1.82, 2.24) is 0 Å². The van der Waals surface area contributed by atoms with E-state index in [-0.39, 0.29) is 41.0 Å². The quantitative estimate of drug-likeness (QED) is 0.298. The minimum atomic E-state index is -1.30. The Balaban J connectivity index is 1.48. The second kappa shape index (κ2) is 11.5. The molecule has 1 N–H and O–H groups in total. The van der Waals surface area contributed by atoms with Crippen molar-refractivity contribution < 1.29 is 40.9 Å². The standard InChI is InChI=1S/C29H26F6O3/c1-3-37-22-12-13-23(29(35)28(22)34)38-14-18-8-9-20(26(32)24(18)30)16-4-6-17(7-5-16)21-11-10-19(15(2)36)25(31)27(21)33/h6,8-13,15-16,36H,3-5,7,14H2,1-2H3. The highest BCUT2D eigenvalue weighted by Gasteiger charge is 2.26. The molecule has 1 aliphatic carbocycles. The summed E-state index contributed by atoms with van der Waals surface area (Å²) < 4.78 is 97.1. The maximum Gasteiger partial charge on any atom is 0.204 e. The summed E-state index contributed by atoms with van der Waals surface area (Å²) in [6, 6.07) is 7.79. The Morgan fingerprint density at radius 1 is 0.816 bits per heavy atom. The molecule has 38 heavy (non-hydrogen) atoms. The molecule has 0 fully saturated rings. The van der Waals surface area contributed by atoms with Gasteiger partial charge in [0.2, 0.25) is 11.6 Å². The first-order chi connectivity index (χ1) is 18.1. The molecule has 0 radical (unpaired) electrons. The zero-order valence-electron chi connectivity index (χ0n) is 20.8. The number of hydrogen-bond acceptors (Lipinski definition) is 3. The van der Waals surface area contributed by atoms with Crippen LogP contribution in [0.2, 0.25) is 0 Å². The third kappa shape index (κ3) is 5.38. The van der Waals surface area contributed by atoms with E-state index in [4.69, 9.17) is 9.47 Å². The summed E-state index contributed by atoms with van der Waals surface area (Å²) in [7, 11) is 0. The van der Waals surface area contributed by atoms with Crippen LogP contribution in [-0.2, 0) is 6.61 Å². The van der Waals surface area contributed by atoms with Gasteiger partial charge in [0, 0.05) is 16.7 Å². The Bertz CT molecular complexity index is 1370.